The quantitative estimate of drug-likeness (QED) is 0.729. The molecular weight excluding hydrogens is 318 g/mol. The summed E-state index contributed by atoms with van der Waals surface area (Å²) in [6, 6.07) is 16.5. The Hall–Kier alpha value is -1.94. The summed E-state index contributed by atoms with van der Waals surface area (Å²) in [7, 11) is 1.66. The Morgan fingerprint density at radius 1 is 1.21 bits per heavy atom. The fraction of sp³-hybridized carbons (Fsp3) is 0.350. The van der Waals surface area contributed by atoms with Crippen molar-refractivity contribution in [2.24, 2.45) is 0 Å². The Bertz CT molecular complexity index is 655. The molecule has 24 heavy (non-hydrogen) atoms. The van der Waals surface area contributed by atoms with Gasteiger partial charge in [0.15, 0.2) is 0 Å². The van der Waals surface area contributed by atoms with Crippen molar-refractivity contribution in [3.8, 4) is 5.75 Å². The first-order valence-corrected chi connectivity index (χ1v) is 9.17. The van der Waals surface area contributed by atoms with E-state index >= 15 is 0 Å². The summed E-state index contributed by atoms with van der Waals surface area (Å²) >= 11 is 1.72. The number of thioether (sulfide) groups is 1. The molecule has 2 aromatic rings. The van der Waals surface area contributed by atoms with Crippen LogP contribution >= 0.6 is 11.8 Å². The van der Waals surface area contributed by atoms with E-state index in [0.717, 1.165) is 23.5 Å². The molecule has 0 fully saturated rings. The van der Waals surface area contributed by atoms with Crippen LogP contribution in [-0.2, 0) is 11.2 Å². The minimum absolute atomic E-state index is 0.102. The minimum Gasteiger partial charge on any atom is -0.497 e. The van der Waals surface area contributed by atoms with E-state index in [1.807, 2.05) is 25.1 Å². The van der Waals surface area contributed by atoms with E-state index in [-0.39, 0.29) is 11.9 Å². The molecule has 0 aliphatic carbocycles. The average Bonchev–Trinajstić information content (AvgIpc) is 2.56. The summed E-state index contributed by atoms with van der Waals surface area (Å²) < 4.78 is 5.23. The number of rotatable bonds is 8. The van der Waals surface area contributed by atoms with Gasteiger partial charge < -0.3 is 10.1 Å². The zero-order valence-electron chi connectivity index (χ0n) is 14.5. The molecule has 1 amide bonds. The van der Waals surface area contributed by atoms with Gasteiger partial charge in [0.1, 0.15) is 5.75 Å². The Labute approximate surface area is 148 Å². The third kappa shape index (κ3) is 6.28. The predicted octanol–water partition coefficient (Wildman–Crippen LogP) is 4.23. The van der Waals surface area contributed by atoms with Gasteiger partial charge in [-0.05, 0) is 50.1 Å². The molecular formula is C20H25NO2S. The fourth-order valence-electron chi connectivity index (χ4n) is 2.45. The summed E-state index contributed by atoms with van der Waals surface area (Å²) in [5.41, 5.74) is 2.42. The molecule has 0 heterocycles. The predicted molar refractivity (Wildman–Crippen MR) is 101 cm³/mol. The lowest BCUT2D eigenvalue weighted by molar-refractivity contribution is -0.121. The molecule has 2 aromatic carbocycles. The number of nitrogens with one attached hydrogen (secondary N) is 1. The smallest absolute Gasteiger partial charge is 0.221 e. The number of carbonyl (C=O) groups is 1. The Balaban J connectivity index is 1.72. The minimum atomic E-state index is 0.102. The number of hydrogen-bond donors (Lipinski definition) is 1. The van der Waals surface area contributed by atoms with Crippen LogP contribution in [0.4, 0.5) is 0 Å². The standard InChI is InChI=1S/C20H25NO2S/c1-15-7-9-19(10-8-15)24-12-11-20(22)21-16(2)13-17-5-4-6-18(14-17)23-3/h4-10,14,16H,11-13H2,1-3H3,(H,21,22). The van der Waals surface area contributed by atoms with Crippen LogP contribution < -0.4 is 10.1 Å². The van der Waals surface area contributed by atoms with Gasteiger partial charge in [-0.1, -0.05) is 29.8 Å². The Morgan fingerprint density at radius 3 is 2.67 bits per heavy atom. The van der Waals surface area contributed by atoms with E-state index in [0.29, 0.717) is 6.42 Å². The number of aryl methyl sites for hydroxylation is 1. The second-order valence-corrected chi connectivity index (χ2v) is 7.10. The molecule has 0 saturated carbocycles. The molecule has 1 unspecified atom stereocenters. The normalized spacial score (nSPS) is 11.8. The number of methoxy groups -OCH3 is 1. The van der Waals surface area contributed by atoms with Crippen molar-refractivity contribution in [3.05, 3.63) is 59.7 Å². The summed E-state index contributed by atoms with van der Waals surface area (Å²) in [6.07, 6.45) is 1.33. The van der Waals surface area contributed by atoms with Gasteiger partial charge in [-0.2, -0.15) is 0 Å². The first-order valence-electron chi connectivity index (χ1n) is 8.18. The second kappa shape index (κ2) is 9.38. The number of amides is 1. The van der Waals surface area contributed by atoms with E-state index in [2.05, 4.69) is 42.6 Å². The van der Waals surface area contributed by atoms with Crippen LogP contribution in [-0.4, -0.2) is 24.8 Å². The topological polar surface area (TPSA) is 38.3 Å². The van der Waals surface area contributed by atoms with Gasteiger partial charge in [0.25, 0.3) is 0 Å². The van der Waals surface area contributed by atoms with E-state index in [9.17, 15) is 4.79 Å². The van der Waals surface area contributed by atoms with Crippen molar-refractivity contribution in [2.75, 3.05) is 12.9 Å². The van der Waals surface area contributed by atoms with Crippen molar-refractivity contribution in [3.63, 3.8) is 0 Å². The molecule has 0 radical (unpaired) electrons. The van der Waals surface area contributed by atoms with Gasteiger partial charge in [0.2, 0.25) is 5.91 Å². The molecule has 0 saturated heterocycles. The zero-order valence-corrected chi connectivity index (χ0v) is 15.4. The SMILES string of the molecule is COc1cccc(CC(C)NC(=O)CCSc2ccc(C)cc2)c1. The summed E-state index contributed by atoms with van der Waals surface area (Å²) in [4.78, 5) is 13.3. The lowest BCUT2D eigenvalue weighted by atomic mass is 10.1. The number of hydrogen-bond acceptors (Lipinski definition) is 3. The molecule has 0 aliphatic rings. The van der Waals surface area contributed by atoms with Gasteiger partial charge in [-0.15, -0.1) is 11.8 Å². The first kappa shape index (κ1) is 18.4. The highest BCUT2D eigenvalue weighted by Gasteiger charge is 2.09. The summed E-state index contributed by atoms with van der Waals surface area (Å²) in [5.74, 6) is 1.74. The van der Waals surface area contributed by atoms with Gasteiger partial charge in [0, 0.05) is 23.1 Å². The monoisotopic (exact) mass is 343 g/mol. The van der Waals surface area contributed by atoms with Crippen LogP contribution in [0.15, 0.2) is 53.4 Å². The molecule has 0 spiro atoms. The van der Waals surface area contributed by atoms with E-state index in [4.69, 9.17) is 4.74 Å². The molecule has 0 aromatic heterocycles. The third-order valence-electron chi connectivity index (χ3n) is 3.70. The van der Waals surface area contributed by atoms with Crippen LogP contribution in [0.25, 0.3) is 0 Å². The largest absolute Gasteiger partial charge is 0.497 e. The number of benzene rings is 2. The fourth-order valence-corrected chi connectivity index (χ4v) is 3.30. The van der Waals surface area contributed by atoms with Crippen molar-refractivity contribution in [1.29, 1.82) is 0 Å². The third-order valence-corrected chi connectivity index (χ3v) is 4.72. The van der Waals surface area contributed by atoms with E-state index in [1.165, 1.54) is 10.5 Å². The van der Waals surface area contributed by atoms with Crippen molar-refractivity contribution in [2.45, 2.75) is 37.6 Å². The van der Waals surface area contributed by atoms with Gasteiger partial charge in [0.05, 0.1) is 7.11 Å². The molecule has 1 atom stereocenters. The van der Waals surface area contributed by atoms with Crippen LogP contribution in [0.5, 0.6) is 5.75 Å². The number of ether oxygens (including phenoxy) is 1. The second-order valence-electron chi connectivity index (χ2n) is 5.94. The van der Waals surface area contributed by atoms with Crippen molar-refractivity contribution >= 4 is 17.7 Å². The van der Waals surface area contributed by atoms with Crippen molar-refractivity contribution in [1.82, 2.24) is 5.32 Å². The molecule has 0 bridgehead atoms. The lowest BCUT2D eigenvalue weighted by Gasteiger charge is -2.14. The molecule has 128 valence electrons. The highest BCUT2D eigenvalue weighted by atomic mass is 32.2. The first-order chi connectivity index (χ1) is 11.6. The highest BCUT2D eigenvalue weighted by Crippen LogP contribution is 2.19. The van der Waals surface area contributed by atoms with Gasteiger partial charge in [-0.3, -0.25) is 4.79 Å². The Morgan fingerprint density at radius 2 is 1.96 bits per heavy atom. The van der Waals surface area contributed by atoms with Crippen molar-refractivity contribution < 1.29 is 9.53 Å². The van der Waals surface area contributed by atoms with Gasteiger partial charge >= 0.3 is 0 Å². The molecule has 0 aliphatic heterocycles. The summed E-state index contributed by atoms with van der Waals surface area (Å²) in [6.45, 7) is 4.11. The maximum Gasteiger partial charge on any atom is 0.221 e. The molecule has 1 N–H and O–H groups in total. The lowest BCUT2D eigenvalue weighted by Crippen LogP contribution is -2.34. The van der Waals surface area contributed by atoms with E-state index in [1.54, 1.807) is 18.9 Å². The Kier molecular flexibility index (Phi) is 7.19. The average molecular weight is 343 g/mol. The van der Waals surface area contributed by atoms with Gasteiger partial charge in [-0.25, -0.2) is 0 Å². The van der Waals surface area contributed by atoms with Crippen LogP contribution in [0.3, 0.4) is 0 Å². The summed E-state index contributed by atoms with van der Waals surface area (Å²) in [5, 5.41) is 3.07. The maximum absolute atomic E-state index is 12.1. The van der Waals surface area contributed by atoms with Crippen LogP contribution in [0.2, 0.25) is 0 Å². The molecule has 2 rings (SSSR count). The maximum atomic E-state index is 12.1. The number of carbonyl (C=O) groups excluding carboxylic acids is 1. The zero-order chi connectivity index (χ0) is 17.4. The molecule has 3 nitrogen and oxygen atoms in total. The molecule has 4 heteroatoms. The van der Waals surface area contributed by atoms with Crippen LogP contribution in [0, 0.1) is 6.92 Å². The van der Waals surface area contributed by atoms with Crippen LogP contribution in [0.1, 0.15) is 24.5 Å². The highest BCUT2D eigenvalue weighted by molar-refractivity contribution is 7.99. The van der Waals surface area contributed by atoms with E-state index < -0.39 is 0 Å².